The van der Waals surface area contributed by atoms with E-state index in [1.807, 2.05) is 24.3 Å². The summed E-state index contributed by atoms with van der Waals surface area (Å²) in [5, 5.41) is 13.5. The zero-order valence-corrected chi connectivity index (χ0v) is 29.3. The van der Waals surface area contributed by atoms with E-state index >= 15 is 0 Å². The van der Waals surface area contributed by atoms with Crippen LogP contribution in [-0.4, -0.2) is 11.1 Å². The average molecular weight is 686 g/mol. The van der Waals surface area contributed by atoms with Gasteiger partial charge in [0.15, 0.2) is 0 Å². The van der Waals surface area contributed by atoms with Gasteiger partial charge >= 0.3 is 0 Å². The number of benzene rings is 5. The summed E-state index contributed by atoms with van der Waals surface area (Å²) < 4.78 is 6.41. The summed E-state index contributed by atoms with van der Waals surface area (Å²) in [6, 6.07) is 39.9. The van der Waals surface area contributed by atoms with E-state index in [9.17, 15) is 5.11 Å². The van der Waals surface area contributed by atoms with E-state index in [1.165, 1.54) is 22.3 Å². The lowest BCUT2D eigenvalue weighted by molar-refractivity contribution is 0.357. The first-order chi connectivity index (χ1) is 26.2. The van der Waals surface area contributed by atoms with Crippen molar-refractivity contribution in [2.45, 2.75) is 12.5 Å². The quantitative estimate of drug-likeness (QED) is 0.190. The first kappa shape index (κ1) is 31.4. The van der Waals surface area contributed by atoms with Crippen LogP contribution in [0.25, 0.3) is 44.2 Å². The van der Waals surface area contributed by atoms with Crippen molar-refractivity contribution in [2.75, 3.05) is 4.90 Å². The number of phenols is 1. The molecular weight excluding hydrogens is 647 g/mol. The highest BCUT2D eigenvalue weighted by Crippen LogP contribution is 2.52. The fourth-order valence-corrected chi connectivity index (χ4v) is 9.24. The standard InChI is InChI=1S/C50H39NO2/c52-47-29-13-8-23-40(47)37-20-5-10-26-44(37)51(45-27-11-6-21-38(45)41-25-15-31-49-50(41)42-24-9-14-30-48(42)53-49)46-28-12-7-22-39(46)43-32-33-16-1-2-17-34(33)35-18-3-4-19-36(35)43/h1-26,28-36,45,52H,27H2. The molecule has 256 valence electrons. The maximum Gasteiger partial charge on any atom is 0.136 e. The molecule has 10 rings (SSSR count). The van der Waals surface area contributed by atoms with Gasteiger partial charge in [0.25, 0.3) is 0 Å². The van der Waals surface area contributed by atoms with Gasteiger partial charge in [-0.25, -0.2) is 0 Å². The minimum Gasteiger partial charge on any atom is -0.507 e. The van der Waals surface area contributed by atoms with Crippen molar-refractivity contribution in [3.8, 4) is 16.9 Å². The molecular formula is C50H39NO2. The summed E-state index contributed by atoms with van der Waals surface area (Å²) in [5.41, 5.74) is 10.8. The second-order valence-corrected chi connectivity index (χ2v) is 14.4. The Morgan fingerprint density at radius 2 is 1.21 bits per heavy atom. The second kappa shape index (κ2) is 13.0. The Bertz CT molecular complexity index is 2610. The Kier molecular flexibility index (Phi) is 7.72. The molecule has 0 fully saturated rings. The van der Waals surface area contributed by atoms with E-state index in [1.54, 1.807) is 6.07 Å². The normalized spacial score (nSPS) is 22.8. The summed E-state index contributed by atoms with van der Waals surface area (Å²) in [6.45, 7) is 0. The van der Waals surface area contributed by atoms with Gasteiger partial charge in [0.05, 0.1) is 6.04 Å². The van der Waals surface area contributed by atoms with Gasteiger partial charge in [0, 0.05) is 50.7 Å². The van der Waals surface area contributed by atoms with Gasteiger partial charge < -0.3 is 14.4 Å². The fourth-order valence-electron chi connectivity index (χ4n) is 9.24. The van der Waals surface area contributed by atoms with Crippen molar-refractivity contribution in [3.63, 3.8) is 0 Å². The Labute approximate surface area is 310 Å². The summed E-state index contributed by atoms with van der Waals surface area (Å²) in [5.74, 6) is 1.65. The van der Waals surface area contributed by atoms with Crippen molar-refractivity contribution in [2.24, 2.45) is 23.7 Å². The Morgan fingerprint density at radius 3 is 2.08 bits per heavy atom. The lowest BCUT2D eigenvalue weighted by Crippen LogP contribution is -2.35. The molecule has 0 bridgehead atoms. The number of furan rings is 1. The molecule has 0 spiro atoms. The third-order valence-electron chi connectivity index (χ3n) is 11.6. The summed E-state index contributed by atoms with van der Waals surface area (Å²) in [7, 11) is 0. The van der Waals surface area contributed by atoms with E-state index < -0.39 is 0 Å². The van der Waals surface area contributed by atoms with E-state index in [0.29, 0.717) is 17.8 Å². The fraction of sp³-hybridized carbons (Fsp3) is 0.120. The van der Waals surface area contributed by atoms with Gasteiger partial charge in [-0.1, -0.05) is 158 Å². The van der Waals surface area contributed by atoms with Crippen molar-refractivity contribution >= 4 is 44.5 Å². The first-order valence-electron chi connectivity index (χ1n) is 18.7. The highest BCUT2D eigenvalue weighted by atomic mass is 16.3. The van der Waals surface area contributed by atoms with Crippen LogP contribution in [0, 0.1) is 23.7 Å². The lowest BCUT2D eigenvalue weighted by atomic mass is 9.63. The minimum atomic E-state index is -0.0699. The van der Waals surface area contributed by atoms with E-state index in [4.69, 9.17) is 4.42 Å². The largest absolute Gasteiger partial charge is 0.507 e. The van der Waals surface area contributed by atoms with Crippen molar-refractivity contribution in [1.82, 2.24) is 0 Å². The molecule has 5 atom stereocenters. The summed E-state index contributed by atoms with van der Waals surface area (Å²) in [6.07, 6.45) is 28.5. The number of nitrogens with zero attached hydrogens (tertiary/aromatic N) is 1. The molecule has 53 heavy (non-hydrogen) atoms. The number of para-hydroxylation sites is 4. The van der Waals surface area contributed by atoms with Gasteiger partial charge in [-0.15, -0.1) is 0 Å². The van der Waals surface area contributed by atoms with Gasteiger partial charge in [-0.2, -0.15) is 0 Å². The Hall–Kier alpha value is -6.32. The number of fused-ring (bicyclic) bond motifs is 6. The van der Waals surface area contributed by atoms with Gasteiger partial charge in [0.1, 0.15) is 16.9 Å². The lowest BCUT2D eigenvalue weighted by Gasteiger charge is -2.43. The number of hydrogen-bond acceptors (Lipinski definition) is 3. The van der Waals surface area contributed by atoms with E-state index in [-0.39, 0.29) is 17.7 Å². The number of aromatic hydroxyl groups is 1. The molecule has 5 aromatic carbocycles. The number of rotatable bonds is 6. The number of anilines is 2. The first-order valence-corrected chi connectivity index (χ1v) is 18.7. The number of phenolic OH excluding ortho intramolecular Hbond substituents is 1. The van der Waals surface area contributed by atoms with Crippen LogP contribution in [0.15, 0.2) is 193 Å². The maximum absolute atomic E-state index is 11.3. The molecule has 4 aliphatic carbocycles. The molecule has 0 radical (unpaired) electrons. The molecule has 0 saturated heterocycles. The monoisotopic (exact) mass is 685 g/mol. The molecule has 3 heteroatoms. The smallest absolute Gasteiger partial charge is 0.136 e. The van der Waals surface area contributed by atoms with Gasteiger partial charge in [-0.05, 0) is 65.3 Å². The SMILES string of the molecule is Oc1ccccc1-c1ccccc1N(c1ccccc1C1=CC2C=CC=CC2C2C=CC=CC12)C1CC=CC=C1c1cccc2oc3ccccc3c12. The number of hydrogen-bond donors (Lipinski definition) is 1. The number of allylic oxidation sites excluding steroid dienone is 12. The topological polar surface area (TPSA) is 36.6 Å². The minimum absolute atomic E-state index is 0.0699. The van der Waals surface area contributed by atoms with Crippen LogP contribution < -0.4 is 4.90 Å². The molecule has 1 N–H and O–H groups in total. The van der Waals surface area contributed by atoms with Crippen LogP contribution in [0.1, 0.15) is 17.5 Å². The highest BCUT2D eigenvalue weighted by Gasteiger charge is 2.39. The molecule has 0 aliphatic heterocycles. The van der Waals surface area contributed by atoms with Crippen LogP contribution in [0.2, 0.25) is 0 Å². The van der Waals surface area contributed by atoms with E-state index in [0.717, 1.165) is 50.9 Å². The van der Waals surface area contributed by atoms with Crippen LogP contribution in [0.4, 0.5) is 11.4 Å². The molecule has 4 aliphatic rings. The van der Waals surface area contributed by atoms with Crippen LogP contribution in [0.5, 0.6) is 5.75 Å². The molecule has 1 heterocycles. The van der Waals surface area contributed by atoms with Crippen LogP contribution in [-0.2, 0) is 0 Å². The van der Waals surface area contributed by atoms with Gasteiger partial charge in [-0.3, -0.25) is 0 Å². The van der Waals surface area contributed by atoms with Gasteiger partial charge in [0.2, 0.25) is 0 Å². The van der Waals surface area contributed by atoms with Crippen molar-refractivity contribution < 1.29 is 9.52 Å². The molecule has 0 amide bonds. The van der Waals surface area contributed by atoms with Crippen LogP contribution >= 0.6 is 0 Å². The molecule has 3 nitrogen and oxygen atoms in total. The molecule has 1 aromatic heterocycles. The third kappa shape index (κ3) is 5.26. The average Bonchev–Trinajstić information content (AvgIpc) is 3.61. The maximum atomic E-state index is 11.3. The molecule has 5 unspecified atom stereocenters. The van der Waals surface area contributed by atoms with Crippen molar-refractivity contribution in [3.05, 3.63) is 199 Å². The Balaban J connectivity index is 1.22. The Morgan fingerprint density at radius 1 is 0.547 bits per heavy atom. The second-order valence-electron chi connectivity index (χ2n) is 14.4. The predicted molar refractivity (Wildman–Crippen MR) is 220 cm³/mol. The third-order valence-corrected chi connectivity index (χ3v) is 11.6. The van der Waals surface area contributed by atoms with E-state index in [2.05, 4.69) is 163 Å². The summed E-state index contributed by atoms with van der Waals surface area (Å²) >= 11 is 0. The highest BCUT2D eigenvalue weighted by molar-refractivity contribution is 6.11. The molecule has 0 saturated carbocycles. The summed E-state index contributed by atoms with van der Waals surface area (Å²) in [4.78, 5) is 2.55. The molecule has 6 aromatic rings. The van der Waals surface area contributed by atoms with Crippen LogP contribution in [0.3, 0.4) is 0 Å². The zero-order valence-electron chi connectivity index (χ0n) is 29.3. The predicted octanol–water partition coefficient (Wildman–Crippen LogP) is 12.6. The zero-order chi connectivity index (χ0) is 35.3. The van der Waals surface area contributed by atoms with Crippen molar-refractivity contribution in [1.29, 1.82) is 0 Å².